The van der Waals surface area contributed by atoms with Gasteiger partial charge in [0.2, 0.25) is 0 Å². The van der Waals surface area contributed by atoms with Crippen LogP contribution in [0.3, 0.4) is 0 Å². The summed E-state index contributed by atoms with van der Waals surface area (Å²) in [5.74, 6) is -0.168. The van der Waals surface area contributed by atoms with Crippen molar-refractivity contribution in [3.63, 3.8) is 0 Å². The van der Waals surface area contributed by atoms with Crippen LogP contribution in [0.25, 0.3) is 0 Å². The molecule has 0 fully saturated rings. The quantitative estimate of drug-likeness (QED) is 0.460. The van der Waals surface area contributed by atoms with Gasteiger partial charge in [-0.1, -0.05) is 44.8 Å². The van der Waals surface area contributed by atoms with Crippen molar-refractivity contribution >= 4 is 45.0 Å². The van der Waals surface area contributed by atoms with E-state index in [1.807, 2.05) is 19.1 Å². The van der Waals surface area contributed by atoms with E-state index in [1.54, 1.807) is 30.3 Å². The Labute approximate surface area is 147 Å². The zero-order valence-corrected chi connectivity index (χ0v) is 14.7. The Morgan fingerprint density at radius 1 is 1.35 bits per heavy atom. The van der Waals surface area contributed by atoms with Gasteiger partial charge in [0.05, 0.1) is 0 Å². The smallest absolute Gasteiger partial charge is 0.265 e. The molecule has 0 saturated carbocycles. The zero-order chi connectivity index (χ0) is 16.8. The van der Waals surface area contributed by atoms with Gasteiger partial charge in [-0.3, -0.25) is 4.79 Å². The number of hydrogen-bond acceptors (Lipinski definition) is 3. The molecule has 0 aliphatic heterocycles. The number of rotatable bonds is 5. The van der Waals surface area contributed by atoms with Crippen molar-refractivity contribution in [1.82, 2.24) is 0 Å². The van der Waals surface area contributed by atoms with Crippen molar-refractivity contribution in [3.05, 3.63) is 63.1 Å². The molecule has 1 amide bonds. The van der Waals surface area contributed by atoms with Crippen LogP contribution >= 0.6 is 27.5 Å². The molecule has 3 N–H and O–H groups in total. The number of carbonyl (C=O) groups is 1. The van der Waals surface area contributed by atoms with Crippen molar-refractivity contribution in [2.45, 2.75) is 6.92 Å². The number of nitrogens with zero attached hydrogens (tertiary/aromatic N) is 1. The van der Waals surface area contributed by atoms with E-state index in [1.165, 1.54) is 0 Å². The fourth-order valence-electron chi connectivity index (χ4n) is 1.81. The van der Waals surface area contributed by atoms with Crippen molar-refractivity contribution < 1.29 is 9.63 Å². The lowest BCUT2D eigenvalue weighted by Gasteiger charge is -2.08. The van der Waals surface area contributed by atoms with Crippen LogP contribution in [-0.2, 0) is 9.63 Å². The minimum Gasteiger partial charge on any atom is -0.384 e. The van der Waals surface area contributed by atoms with E-state index in [2.05, 4.69) is 26.4 Å². The van der Waals surface area contributed by atoms with Crippen LogP contribution in [0.5, 0.6) is 0 Å². The third kappa shape index (κ3) is 5.26. The van der Waals surface area contributed by atoms with E-state index in [-0.39, 0.29) is 18.3 Å². The molecule has 0 aliphatic rings. The number of aryl methyl sites for hydroxylation is 1. The standard InChI is InChI=1S/C16H15BrClN3O2/c1-10-7-12(17)5-6-14(10)20-15(22)9-23-21-16(19)11-3-2-4-13(18)8-11/h2-8H,9H2,1H3,(H2,19,21)(H,20,22). The second-order valence-electron chi connectivity index (χ2n) is 4.77. The van der Waals surface area contributed by atoms with Crippen LogP contribution in [0, 0.1) is 6.92 Å². The number of oxime groups is 1. The van der Waals surface area contributed by atoms with Gasteiger partial charge in [0.15, 0.2) is 12.4 Å². The lowest BCUT2D eigenvalue weighted by Crippen LogP contribution is -2.19. The van der Waals surface area contributed by atoms with Gasteiger partial charge in [-0.2, -0.15) is 0 Å². The summed E-state index contributed by atoms with van der Waals surface area (Å²) in [4.78, 5) is 16.8. The lowest BCUT2D eigenvalue weighted by molar-refractivity contribution is -0.120. The van der Waals surface area contributed by atoms with Crippen molar-refractivity contribution in [1.29, 1.82) is 0 Å². The predicted molar refractivity (Wildman–Crippen MR) is 95.6 cm³/mol. The summed E-state index contributed by atoms with van der Waals surface area (Å²) < 4.78 is 0.947. The monoisotopic (exact) mass is 395 g/mol. The molecule has 2 aromatic rings. The Morgan fingerprint density at radius 3 is 2.83 bits per heavy atom. The van der Waals surface area contributed by atoms with E-state index in [0.717, 1.165) is 10.0 Å². The molecule has 2 aromatic carbocycles. The van der Waals surface area contributed by atoms with Gasteiger partial charge in [-0.25, -0.2) is 0 Å². The number of carbonyl (C=O) groups excluding carboxylic acids is 1. The summed E-state index contributed by atoms with van der Waals surface area (Å²) in [6, 6.07) is 12.5. The van der Waals surface area contributed by atoms with Gasteiger partial charge in [0, 0.05) is 20.7 Å². The zero-order valence-electron chi connectivity index (χ0n) is 12.3. The van der Waals surface area contributed by atoms with E-state index in [4.69, 9.17) is 22.2 Å². The summed E-state index contributed by atoms with van der Waals surface area (Å²) in [7, 11) is 0. The van der Waals surface area contributed by atoms with Gasteiger partial charge in [0.25, 0.3) is 5.91 Å². The van der Waals surface area contributed by atoms with Crippen molar-refractivity contribution in [2.24, 2.45) is 10.9 Å². The summed E-state index contributed by atoms with van der Waals surface area (Å²) in [5, 5.41) is 7.01. The van der Waals surface area contributed by atoms with Crippen LogP contribution in [0.1, 0.15) is 11.1 Å². The first-order valence-corrected chi connectivity index (χ1v) is 7.90. The number of halogens is 2. The van der Waals surface area contributed by atoms with E-state index in [9.17, 15) is 4.79 Å². The van der Waals surface area contributed by atoms with Crippen LogP contribution < -0.4 is 11.1 Å². The molecule has 0 aromatic heterocycles. The van der Waals surface area contributed by atoms with Crippen LogP contribution in [0.4, 0.5) is 5.69 Å². The second kappa shape index (κ2) is 7.99. The lowest BCUT2D eigenvalue weighted by atomic mass is 10.2. The van der Waals surface area contributed by atoms with Gasteiger partial charge >= 0.3 is 0 Å². The number of nitrogens with two attached hydrogens (primary N) is 1. The molecule has 0 bridgehead atoms. The highest BCUT2D eigenvalue weighted by molar-refractivity contribution is 9.10. The van der Waals surface area contributed by atoms with E-state index in [0.29, 0.717) is 16.3 Å². The average molecular weight is 397 g/mol. The maximum absolute atomic E-state index is 11.8. The third-order valence-electron chi connectivity index (χ3n) is 2.94. The van der Waals surface area contributed by atoms with Gasteiger partial charge < -0.3 is 15.9 Å². The molecule has 7 heteroatoms. The highest BCUT2D eigenvalue weighted by Gasteiger charge is 2.06. The molecule has 23 heavy (non-hydrogen) atoms. The van der Waals surface area contributed by atoms with E-state index < -0.39 is 0 Å². The molecule has 5 nitrogen and oxygen atoms in total. The highest BCUT2D eigenvalue weighted by atomic mass is 79.9. The van der Waals surface area contributed by atoms with Crippen LogP contribution in [-0.4, -0.2) is 18.3 Å². The first-order valence-electron chi connectivity index (χ1n) is 6.73. The number of nitrogens with one attached hydrogen (secondary N) is 1. The van der Waals surface area contributed by atoms with Gasteiger partial charge in [0.1, 0.15) is 0 Å². The Morgan fingerprint density at radius 2 is 2.13 bits per heavy atom. The van der Waals surface area contributed by atoms with Crippen molar-refractivity contribution in [2.75, 3.05) is 11.9 Å². The SMILES string of the molecule is Cc1cc(Br)ccc1NC(=O)CO/N=C(\N)c1cccc(Cl)c1. The molecule has 120 valence electrons. The van der Waals surface area contributed by atoms with E-state index >= 15 is 0 Å². The molecule has 0 unspecified atom stereocenters. The largest absolute Gasteiger partial charge is 0.384 e. The van der Waals surface area contributed by atoms with Crippen molar-refractivity contribution in [3.8, 4) is 0 Å². The first kappa shape index (κ1) is 17.3. The minimum atomic E-state index is -0.321. The topological polar surface area (TPSA) is 76.7 Å². The predicted octanol–water partition coefficient (Wildman–Crippen LogP) is 3.69. The maximum atomic E-state index is 11.8. The van der Waals surface area contributed by atoms with Gasteiger partial charge in [-0.05, 0) is 42.8 Å². The van der Waals surface area contributed by atoms with Crippen LogP contribution in [0.15, 0.2) is 52.1 Å². The molecular weight excluding hydrogens is 382 g/mol. The molecule has 0 spiro atoms. The molecule has 0 saturated heterocycles. The summed E-state index contributed by atoms with van der Waals surface area (Å²) in [6.45, 7) is 1.66. The third-order valence-corrected chi connectivity index (χ3v) is 3.67. The second-order valence-corrected chi connectivity index (χ2v) is 6.12. The Bertz CT molecular complexity index is 750. The minimum absolute atomic E-state index is 0.153. The number of hydrogen-bond donors (Lipinski definition) is 2. The molecule has 0 atom stereocenters. The first-order chi connectivity index (χ1) is 11.0. The molecule has 0 aliphatic carbocycles. The number of benzene rings is 2. The van der Waals surface area contributed by atoms with Crippen LogP contribution in [0.2, 0.25) is 5.02 Å². The number of anilines is 1. The summed E-state index contributed by atoms with van der Waals surface area (Å²) >= 11 is 9.24. The Balaban J connectivity index is 1.90. The normalized spacial score (nSPS) is 11.2. The molecular formula is C16H15BrClN3O2. The fourth-order valence-corrected chi connectivity index (χ4v) is 2.48. The molecule has 0 heterocycles. The Hall–Kier alpha value is -2.05. The number of amides is 1. The summed E-state index contributed by atoms with van der Waals surface area (Å²) in [5.41, 5.74) is 8.06. The summed E-state index contributed by atoms with van der Waals surface area (Å²) in [6.07, 6.45) is 0. The molecule has 0 radical (unpaired) electrons. The average Bonchev–Trinajstić information content (AvgIpc) is 2.50. The highest BCUT2D eigenvalue weighted by Crippen LogP contribution is 2.19. The molecule has 2 rings (SSSR count). The Kier molecular flexibility index (Phi) is 6.01. The number of amidine groups is 1. The van der Waals surface area contributed by atoms with Gasteiger partial charge in [-0.15, -0.1) is 0 Å². The maximum Gasteiger partial charge on any atom is 0.265 e. The fraction of sp³-hybridized carbons (Fsp3) is 0.125.